The minimum atomic E-state index is -0.222. The molecule has 30 heavy (non-hydrogen) atoms. The molecule has 0 unspecified atom stereocenters. The topological polar surface area (TPSA) is 81.8 Å². The standard InChI is InChI=1S/C20H15Cl2N5O2S/c21-10-13-9-15(26-8-2-1-3-19(26)28)4-5-16(13)27-12-14(24-25-27)11-23-20(29)17-6-7-18(22)30-17/h1-9,12H,10-11H2,(H,23,29). The molecule has 4 rings (SSSR count). The highest BCUT2D eigenvalue weighted by atomic mass is 35.5. The molecular formula is C20H15Cl2N5O2S. The summed E-state index contributed by atoms with van der Waals surface area (Å²) in [6.07, 6.45) is 3.42. The fourth-order valence-electron chi connectivity index (χ4n) is 2.88. The lowest BCUT2D eigenvalue weighted by Crippen LogP contribution is -2.21. The average molecular weight is 460 g/mol. The van der Waals surface area contributed by atoms with E-state index in [1.54, 1.807) is 45.9 Å². The van der Waals surface area contributed by atoms with Crippen LogP contribution in [0.15, 0.2) is 65.7 Å². The van der Waals surface area contributed by atoms with Gasteiger partial charge in [0.15, 0.2) is 0 Å². The number of benzene rings is 1. The van der Waals surface area contributed by atoms with Gasteiger partial charge in [-0.15, -0.1) is 28.0 Å². The first-order valence-corrected chi connectivity index (χ1v) is 10.6. The number of carbonyl (C=O) groups excluding carboxylic acids is 1. The van der Waals surface area contributed by atoms with Gasteiger partial charge in [0, 0.05) is 23.8 Å². The normalized spacial score (nSPS) is 10.9. The molecule has 0 aliphatic heterocycles. The van der Waals surface area contributed by atoms with E-state index < -0.39 is 0 Å². The molecule has 0 saturated carbocycles. The van der Waals surface area contributed by atoms with E-state index in [9.17, 15) is 9.59 Å². The summed E-state index contributed by atoms with van der Waals surface area (Å²) in [4.78, 5) is 24.7. The molecule has 0 radical (unpaired) electrons. The summed E-state index contributed by atoms with van der Waals surface area (Å²) in [5.41, 5.74) is 2.71. The first-order valence-electron chi connectivity index (χ1n) is 8.87. The van der Waals surface area contributed by atoms with Gasteiger partial charge < -0.3 is 5.32 Å². The summed E-state index contributed by atoms with van der Waals surface area (Å²) in [6.45, 7) is 0.224. The van der Waals surface area contributed by atoms with Crippen LogP contribution in [0.25, 0.3) is 11.4 Å². The fourth-order valence-corrected chi connectivity index (χ4v) is 4.06. The van der Waals surface area contributed by atoms with Crippen molar-refractivity contribution in [2.75, 3.05) is 0 Å². The number of halogens is 2. The smallest absolute Gasteiger partial charge is 0.261 e. The van der Waals surface area contributed by atoms with Crippen LogP contribution in [0.3, 0.4) is 0 Å². The highest BCUT2D eigenvalue weighted by Crippen LogP contribution is 2.22. The largest absolute Gasteiger partial charge is 0.346 e. The second-order valence-electron chi connectivity index (χ2n) is 6.30. The van der Waals surface area contributed by atoms with Crippen LogP contribution in [0.1, 0.15) is 20.9 Å². The molecule has 0 fully saturated rings. The van der Waals surface area contributed by atoms with Gasteiger partial charge in [0.2, 0.25) is 0 Å². The Balaban J connectivity index is 1.53. The van der Waals surface area contributed by atoms with Crippen LogP contribution in [0.2, 0.25) is 4.34 Å². The molecule has 3 aromatic heterocycles. The van der Waals surface area contributed by atoms with Crippen LogP contribution < -0.4 is 10.9 Å². The molecule has 3 heterocycles. The highest BCUT2D eigenvalue weighted by molar-refractivity contribution is 7.17. The molecule has 0 atom stereocenters. The molecule has 1 amide bonds. The number of nitrogens with zero attached hydrogens (tertiary/aromatic N) is 4. The van der Waals surface area contributed by atoms with E-state index in [-0.39, 0.29) is 23.9 Å². The molecule has 7 nitrogen and oxygen atoms in total. The van der Waals surface area contributed by atoms with Crippen LogP contribution in [-0.2, 0) is 12.4 Å². The summed E-state index contributed by atoms with van der Waals surface area (Å²) < 4.78 is 3.69. The zero-order valence-electron chi connectivity index (χ0n) is 15.5. The summed E-state index contributed by atoms with van der Waals surface area (Å²) in [7, 11) is 0. The Morgan fingerprint density at radius 1 is 1.17 bits per heavy atom. The number of pyridine rings is 1. The fraction of sp³-hybridized carbons (Fsp3) is 0.100. The number of nitrogens with one attached hydrogen (secondary N) is 1. The molecule has 4 aromatic rings. The molecule has 1 aromatic carbocycles. The number of amides is 1. The molecule has 1 N–H and O–H groups in total. The van der Waals surface area contributed by atoms with E-state index in [4.69, 9.17) is 23.2 Å². The number of aromatic nitrogens is 4. The van der Waals surface area contributed by atoms with E-state index in [1.807, 2.05) is 18.2 Å². The van der Waals surface area contributed by atoms with Crippen molar-refractivity contribution >= 4 is 40.4 Å². The lowest BCUT2D eigenvalue weighted by molar-refractivity contribution is 0.0954. The van der Waals surface area contributed by atoms with Crippen molar-refractivity contribution in [3.05, 3.63) is 91.7 Å². The van der Waals surface area contributed by atoms with Crippen LogP contribution in [0.4, 0.5) is 0 Å². The number of alkyl halides is 1. The Bertz CT molecular complexity index is 1260. The molecular weight excluding hydrogens is 445 g/mol. The number of rotatable bonds is 6. The molecule has 0 spiro atoms. The van der Waals surface area contributed by atoms with Crippen molar-refractivity contribution in [1.29, 1.82) is 0 Å². The summed E-state index contributed by atoms with van der Waals surface area (Å²) in [5, 5.41) is 11.0. The summed E-state index contributed by atoms with van der Waals surface area (Å²) in [5.74, 6) is 0.0103. The van der Waals surface area contributed by atoms with E-state index >= 15 is 0 Å². The highest BCUT2D eigenvalue weighted by Gasteiger charge is 2.12. The third-order valence-corrected chi connectivity index (χ3v) is 5.84. The van der Waals surface area contributed by atoms with Crippen molar-refractivity contribution < 1.29 is 4.79 Å². The predicted molar refractivity (Wildman–Crippen MR) is 117 cm³/mol. The Morgan fingerprint density at radius 3 is 2.77 bits per heavy atom. The van der Waals surface area contributed by atoms with E-state index in [0.717, 1.165) is 11.3 Å². The lowest BCUT2D eigenvalue weighted by atomic mass is 10.1. The van der Waals surface area contributed by atoms with E-state index in [1.165, 1.54) is 17.4 Å². The maximum Gasteiger partial charge on any atom is 0.261 e. The van der Waals surface area contributed by atoms with Crippen molar-refractivity contribution in [2.45, 2.75) is 12.4 Å². The summed E-state index contributed by atoms with van der Waals surface area (Å²) in [6, 6.07) is 13.8. The van der Waals surface area contributed by atoms with Gasteiger partial charge in [0.1, 0.15) is 5.69 Å². The monoisotopic (exact) mass is 459 g/mol. The van der Waals surface area contributed by atoms with Gasteiger partial charge in [-0.2, -0.15) is 0 Å². The van der Waals surface area contributed by atoms with Crippen molar-refractivity contribution in [1.82, 2.24) is 24.9 Å². The number of hydrogen-bond acceptors (Lipinski definition) is 5. The first kappa shape index (κ1) is 20.3. The average Bonchev–Trinajstić information content (AvgIpc) is 3.41. The molecule has 0 aliphatic carbocycles. The molecule has 152 valence electrons. The zero-order chi connectivity index (χ0) is 21.1. The molecule has 0 bridgehead atoms. The minimum Gasteiger partial charge on any atom is -0.346 e. The maximum atomic E-state index is 12.1. The second kappa shape index (κ2) is 8.83. The van der Waals surface area contributed by atoms with Crippen molar-refractivity contribution in [3.8, 4) is 11.4 Å². The van der Waals surface area contributed by atoms with Gasteiger partial charge in [-0.1, -0.05) is 22.9 Å². The van der Waals surface area contributed by atoms with Crippen molar-refractivity contribution in [2.24, 2.45) is 0 Å². The van der Waals surface area contributed by atoms with Crippen molar-refractivity contribution in [3.63, 3.8) is 0 Å². The van der Waals surface area contributed by atoms with E-state index in [2.05, 4.69) is 15.6 Å². The Hall–Kier alpha value is -2.94. The molecule has 0 saturated heterocycles. The third-order valence-electron chi connectivity index (χ3n) is 4.32. The van der Waals surface area contributed by atoms with Gasteiger partial charge >= 0.3 is 0 Å². The van der Waals surface area contributed by atoms with Gasteiger partial charge in [-0.25, -0.2) is 4.68 Å². The predicted octanol–water partition coefficient (Wildman–Crippen LogP) is 3.80. The van der Waals surface area contributed by atoms with Crippen LogP contribution in [-0.4, -0.2) is 25.5 Å². The Kier molecular flexibility index (Phi) is 5.98. The zero-order valence-corrected chi connectivity index (χ0v) is 17.8. The number of thiophene rings is 1. The number of hydrogen-bond donors (Lipinski definition) is 1. The third kappa shape index (κ3) is 4.30. The summed E-state index contributed by atoms with van der Waals surface area (Å²) >= 11 is 13.2. The maximum absolute atomic E-state index is 12.1. The SMILES string of the molecule is O=C(NCc1cn(-c2ccc(-n3ccccc3=O)cc2CCl)nn1)c1ccc(Cl)s1. The lowest BCUT2D eigenvalue weighted by Gasteiger charge is -2.11. The van der Waals surface area contributed by atoms with Crippen LogP contribution in [0, 0.1) is 0 Å². The minimum absolute atomic E-state index is 0.128. The first-order chi connectivity index (χ1) is 14.5. The Morgan fingerprint density at radius 2 is 2.03 bits per heavy atom. The molecule has 10 heteroatoms. The van der Waals surface area contributed by atoms with Crippen LogP contribution in [0.5, 0.6) is 0 Å². The number of carbonyl (C=O) groups is 1. The van der Waals surface area contributed by atoms with Gasteiger partial charge in [0.25, 0.3) is 11.5 Å². The van der Waals surface area contributed by atoms with Gasteiger partial charge in [-0.05, 0) is 42.0 Å². The quantitative estimate of drug-likeness (QED) is 0.444. The van der Waals surface area contributed by atoms with Gasteiger partial charge in [-0.3, -0.25) is 14.2 Å². The van der Waals surface area contributed by atoms with Crippen LogP contribution >= 0.6 is 34.5 Å². The molecule has 0 aliphatic rings. The van der Waals surface area contributed by atoms with E-state index in [0.29, 0.717) is 20.6 Å². The second-order valence-corrected chi connectivity index (χ2v) is 8.28. The van der Waals surface area contributed by atoms with Gasteiger partial charge in [0.05, 0.1) is 27.6 Å². The Labute approximate surface area is 185 Å².